The van der Waals surface area contributed by atoms with Gasteiger partial charge in [-0.3, -0.25) is 9.59 Å². The highest BCUT2D eigenvalue weighted by Crippen LogP contribution is 2.49. The molecule has 0 spiro atoms. The SMILES string of the molecule is CCOC(=O)C1(C(=O)c2ccccc2)CC1. The maximum Gasteiger partial charge on any atom is 0.320 e. The molecular formula is C13H14O3. The van der Waals surface area contributed by atoms with E-state index in [9.17, 15) is 9.59 Å². The summed E-state index contributed by atoms with van der Waals surface area (Å²) in [5.74, 6) is -0.476. The van der Waals surface area contributed by atoms with Crippen molar-refractivity contribution in [3.63, 3.8) is 0 Å². The third-order valence-electron chi connectivity index (χ3n) is 2.89. The summed E-state index contributed by atoms with van der Waals surface area (Å²) in [6, 6.07) is 8.92. The van der Waals surface area contributed by atoms with Crippen LogP contribution in [0.4, 0.5) is 0 Å². The molecule has 3 nitrogen and oxygen atoms in total. The molecule has 0 bridgehead atoms. The summed E-state index contributed by atoms with van der Waals surface area (Å²) in [6.45, 7) is 2.07. The number of hydrogen-bond acceptors (Lipinski definition) is 3. The van der Waals surface area contributed by atoms with Gasteiger partial charge in [-0.2, -0.15) is 0 Å². The minimum absolute atomic E-state index is 0.105. The topological polar surface area (TPSA) is 43.4 Å². The number of rotatable bonds is 4. The number of hydrogen-bond donors (Lipinski definition) is 0. The molecule has 1 saturated carbocycles. The number of benzene rings is 1. The minimum atomic E-state index is -0.878. The molecule has 3 heteroatoms. The molecule has 0 heterocycles. The Morgan fingerprint density at radius 1 is 1.25 bits per heavy atom. The summed E-state index contributed by atoms with van der Waals surface area (Å²) in [4.78, 5) is 23.8. The van der Waals surface area contributed by atoms with E-state index < -0.39 is 5.41 Å². The van der Waals surface area contributed by atoms with Gasteiger partial charge in [-0.25, -0.2) is 0 Å². The van der Waals surface area contributed by atoms with Gasteiger partial charge in [0.25, 0.3) is 0 Å². The third kappa shape index (κ3) is 1.73. The summed E-state index contributed by atoms with van der Waals surface area (Å²) in [5, 5.41) is 0. The average Bonchev–Trinajstić information content (AvgIpc) is 3.11. The van der Waals surface area contributed by atoms with Crippen LogP contribution >= 0.6 is 0 Å². The normalized spacial score (nSPS) is 16.6. The molecule has 1 fully saturated rings. The van der Waals surface area contributed by atoms with Gasteiger partial charge in [0.1, 0.15) is 5.41 Å². The van der Waals surface area contributed by atoms with E-state index in [0.717, 1.165) is 0 Å². The molecule has 0 amide bonds. The molecule has 16 heavy (non-hydrogen) atoms. The minimum Gasteiger partial charge on any atom is -0.465 e. The van der Waals surface area contributed by atoms with Gasteiger partial charge in [-0.15, -0.1) is 0 Å². The van der Waals surface area contributed by atoms with Crippen molar-refractivity contribution in [2.75, 3.05) is 6.61 Å². The van der Waals surface area contributed by atoms with Crippen LogP contribution < -0.4 is 0 Å². The number of ketones is 1. The Balaban J connectivity index is 2.20. The lowest BCUT2D eigenvalue weighted by atomic mass is 9.95. The summed E-state index contributed by atoms with van der Waals surface area (Å²) in [7, 11) is 0. The zero-order chi connectivity index (χ0) is 11.6. The van der Waals surface area contributed by atoms with Crippen molar-refractivity contribution < 1.29 is 14.3 Å². The Labute approximate surface area is 94.4 Å². The summed E-state index contributed by atoms with van der Waals surface area (Å²) in [5.41, 5.74) is -0.287. The monoisotopic (exact) mass is 218 g/mol. The molecule has 0 atom stereocenters. The van der Waals surface area contributed by atoms with Gasteiger partial charge in [-0.05, 0) is 19.8 Å². The first kappa shape index (κ1) is 10.9. The fourth-order valence-corrected chi connectivity index (χ4v) is 1.78. The molecule has 0 N–H and O–H groups in total. The lowest BCUT2D eigenvalue weighted by molar-refractivity contribution is -0.147. The molecule has 1 aromatic carbocycles. The number of carbonyl (C=O) groups is 2. The fourth-order valence-electron chi connectivity index (χ4n) is 1.78. The number of ether oxygens (including phenoxy) is 1. The third-order valence-corrected chi connectivity index (χ3v) is 2.89. The van der Waals surface area contributed by atoms with E-state index >= 15 is 0 Å². The highest BCUT2D eigenvalue weighted by atomic mass is 16.5. The Kier molecular flexibility index (Phi) is 2.77. The zero-order valence-corrected chi connectivity index (χ0v) is 9.23. The van der Waals surface area contributed by atoms with Gasteiger partial charge < -0.3 is 4.74 Å². The molecule has 0 unspecified atom stereocenters. The number of Topliss-reactive ketones (excluding diaryl/α,β-unsaturated/α-hetero) is 1. The van der Waals surface area contributed by atoms with E-state index in [-0.39, 0.29) is 11.8 Å². The number of carbonyl (C=O) groups excluding carboxylic acids is 2. The second-order valence-corrected chi connectivity index (χ2v) is 4.00. The van der Waals surface area contributed by atoms with E-state index in [1.54, 1.807) is 31.2 Å². The molecule has 0 saturated heterocycles. The van der Waals surface area contributed by atoms with Gasteiger partial charge in [0.15, 0.2) is 5.78 Å². The van der Waals surface area contributed by atoms with Crippen molar-refractivity contribution in [3.8, 4) is 0 Å². The predicted octanol–water partition coefficient (Wildman–Crippen LogP) is 2.21. The molecule has 84 valence electrons. The zero-order valence-electron chi connectivity index (χ0n) is 9.23. The van der Waals surface area contributed by atoms with E-state index in [4.69, 9.17) is 4.74 Å². The van der Waals surface area contributed by atoms with E-state index in [0.29, 0.717) is 25.0 Å². The maximum absolute atomic E-state index is 12.1. The van der Waals surface area contributed by atoms with Gasteiger partial charge in [0, 0.05) is 5.56 Å². The van der Waals surface area contributed by atoms with Crippen molar-refractivity contribution in [1.82, 2.24) is 0 Å². The van der Waals surface area contributed by atoms with Crippen LogP contribution in [0.3, 0.4) is 0 Å². The molecule has 0 aliphatic heterocycles. The Morgan fingerprint density at radius 2 is 1.88 bits per heavy atom. The first-order valence-corrected chi connectivity index (χ1v) is 5.48. The lowest BCUT2D eigenvalue weighted by Gasteiger charge is -2.12. The largest absolute Gasteiger partial charge is 0.465 e. The standard InChI is InChI=1S/C13H14O3/c1-2-16-12(15)13(8-9-13)11(14)10-6-4-3-5-7-10/h3-7H,2,8-9H2,1H3. The lowest BCUT2D eigenvalue weighted by Crippen LogP contribution is -2.28. The summed E-state index contributed by atoms with van der Waals surface area (Å²) >= 11 is 0. The van der Waals surface area contributed by atoms with Crippen molar-refractivity contribution in [1.29, 1.82) is 0 Å². The van der Waals surface area contributed by atoms with Crippen molar-refractivity contribution >= 4 is 11.8 Å². The molecule has 2 rings (SSSR count). The Morgan fingerprint density at radius 3 is 2.38 bits per heavy atom. The maximum atomic E-state index is 12.1. The van der Waals surface area contributed by atoms with E-state index in [2.05, 4.69) is 0 Å². The first-order chi connectivity index (χ1) is 7.70. The van der Waals surface area contributed by atoms with Crippen LogP contribution in [0.1, 0.15) is 30.1 Å². The summed E-state index contributed by atoms with van der Waals surface area (Å²) < 4.78 is 4.95. The van der Waals surface area contributed by atoms with Crippen LogP contribution in [-0.4, -0.2) is 18.4 Å². The highest BCUT2D eigenvalue weighted by Gasteiger charge is 2.57. The van der Waals surface area contributed by atoms with Crippen LogP contribution in [0.5, 0.6) is 0 Å². The summed E-state index contributed by atoms with van der Waals surface area (Å²) in [6.07, 6.45) is 1.22. The van der Waals surface area contributed by atoms with Crippen LogP contribution in [-0.2, 0) is 9.53 Å². The van der Waals surface area contributed by atoms with Crippen LogP contribution in [0.15, 0.2) is 30.3 Å². The van der Waals surface area contributed by atoms with Gasteiger partial charge in [-0.1, -0.05) is 30.3 Å². The quantitative estimate of drug-likeness (QED) is 0.442. The molecule has 1 aliphatic carbocycles. The molecule has 0 radical (unpaired) electrons. The molecule has 1 aromatic rings. The van der Waals surface area contributed by atoms with Crippen molar-refractivity contribution in [2.45, 2.75) is 19.8 Å². The molecule has 0 aromatic heterocycles. The Hall–Kier alpha value is -1.64. The van der Waals surface area contributed by atoms with Gasteiger partial charge in [0.2, 0.25) is 0 Å². The van der Waals surface area contributed by atoms with E-state index in [1.165, 1.54) is 0 Å². The van der Waals surface area contributed by atoms with Crippen molar-refractivity contribution in [2.24, 2.45) is 5.41 Å². The average molecular weight is 218 g/mol. The predicted molar refractivity (Wildman–Crippen MR) is 59.1 cm³/mol. The number of esters is 1. The van der Waals surface area contributed by atoms with Crippen molar-refractivity contribution in [3.05, 3.63) is 35.9 Å². The van der Waals surface area contributed by atoms with Gasteiger partial charge in [0.05, 0.1) is 6.61 Å². The molecule has 1 aliphatic rings. The smallest absolute Gasteiger partial charge is 0.320 e. The first-order valence-electron chi connectivity index (χ1n) is 5.48. The van der Waals surface area contributed by atoms with Crippen LogP contribution in [0.2, 0.25) is 0 Å². The van der Waals surface area contributed by atoms with Crippen LogP contribution in [0.25, 0.3) is 0 Å². The van der Waals surface area contributed by atoms with Crippen LogP contribution in [0, 0.1) is 5.41 Å². The second-order valence-electron chi connectivity index (χ2n) is 4.00. The second kappa shape index (κ2) is 4.08. The van der Waals surface area contributed by atoms with E-state index in [1.807, 2.05) is 6.07 Å². The Bertz CT molecular complexity index is 404. The molecular weight excluding hydrogens is 204 g/mol. The highest BCUT2D eigenvalue weighted by molar-refractivity contribution is 6.14. The van der Waals surface area contributed by atoms with Gasteiger partial charge >= 0.3 is 5.97 Å². The fraction of sp³-hybridized carbons (Fsp3) is 0.385.